The van der Waals surface area contributed by atoms with Crippen LogP contribution in [0.1, 0.15) is 35.9 Å². The Bertz CT molecular complexity index is 438. The molecule has 0 amide bonds. The predicted molar refractivity (Wildman–Crippen MR) is 56.1 cm³/mol. The number of carbonyl (C=O) groups is 1. The highest BCUT2D eigenvalue weighted by molar-refractivity contribution is 5.86. The molecular weight excluding hydrogens is 227 g/mol. The zero-order valence-electron chi connectivity index (χ0n) is 9.43. The van der Waals surface area contributed by atoms with Crippen LogP contribution in [0.4, 0.5) is 4.39 Å². The summed E-state index contributed by atoms with van der Waals surface area (Å²) in [6, 6.07) is 1.86. The third-order valence-electron chi connectivity index (χ3n) is 2.32. The Morgan fingerprint density at radius 1 is 1.71 bits per heavy atom. The second-order valence-corrected chi connectivity index (χ2v) is 3.52. The SMILES string of the molecule is CCc1c(C(=O)O)nnn1CC(F)CCC#N. The van der Waals surface area contributed by atoms with Crippen molar-refractivity contribution in [3.8, 4) is 6.07 Å². The first-order chi connectivity index (χ1) is 8.10. The first-order valence-corrected chi connectivity index (χ1v) is 5.26. The lowest BCUT2D eigenvalue weighted by atomic mass is 10.2. The van der Waals surface area contributed by atoms with Gasteiger partial charge in [-0.3, -0.25) is 0 Å². The number of aromatic carboxylic acids is 1. The van der Waals surface area contributed by atoms with Crippen LogP contribution in [0.25, 0.3) is 0 Å². The molecule has 0 spiro atoms. The summed E-state index contributed by atoms with van der Waals surface area (Å²) in [5, 5.41) is 24.3. The second kappa shape index (κ2) is 5.94. The van der Waals surface area contributed by atoms with Crippen LogP contribution in [0.3, 0.4) is 0 Å². The Balaban J connectivity index is 2.78. The molecule has 0 radical (unpaired) electrons. The van der Waals surface area contributed by atoms with E-state index in [1.807, 2.05) is 6.07 Å². The number of hydrogen-bond acceptors (Lipinski definition) is 4. The number of hydrogen-bond donors (Lipinski definition) is 1. The van der Waals surface area contributed by atoms with Gasteiger partial charge < -0.3 is 5.11 Å². The Morgan fingerprint density at radius 2 is 2.41 bits per heavy atom. The van der Waals surface area contributed by atoms with Gasteiger partial charge in [-0.2, -0.15) is 5.26 Å². The van der Waals surface area contributed by atoms with E-state index in [4.69, 9.17) is 10.4 Å². The normalized spacial score (nSPS) is 12.1. The zero-order valence-corrected chi connectivity index (χ0v) is 9.43. The van der Waals surface area contributed by atoms with E-state index in [1.54, 1.807) is 6.92 Å². The molecule has 0 aliphatic heterocycles. The van der Waals surface area contributed by atoms with E-state index in [9.17, 15) is 9.18 Å². The smallest absolute Gasteiger partial charge is 0.358 e. The number of nitrogens with zero attached hydrogens (tertiary/aromatic N) is 4. The van der Waals surface area contributed by atoms with Gasteiger partial charge >= 0.3 is 5.97 Å². The molecule has 0 saturated carbocycles. The highest BCUT2D eigenvalue weighted by atomic mass is 19.1. The third kappa shape index (κ3) is 3.24. The number of alkyl halides is 1. The summed E-state index contributed by atoms with van der Waals surface area (Å²) in [6.45, 7) is 1.69. The van der Waals surface area contributed by atoms with E-state index < -0.39 is 12.1 Å². The minimum atomic E-state index is -1.22. The summed E-state index contributed by atoms with van der Waals surface area (Å²) in [4.78, 5) is 10.8. The molecule has 1 aromatic heterocycles. The minimum Gasteiger partial charge on any atom is -0.476 e. The average molecular weight is 240 g/mol. The van der Waals surface area contributed by atoms with Crippen molar-refractivity contribution in [2.75, 3.05) is 0 Å². The lowest BCUT2D eigenvalue weighted by Crippen LogP contribution is -2.15. The van der Waals surface area contributed by atoms with E-state index in [0.29, 0.717) is 12.1 Å². The van der Waals surface area contributed by atoms with Crippen molar-refractivity contribution in [3.63, 3.8) is 0 Å². The van der Waals surface area contributed by atoms with E-state index in [2.05, 4.69) is 10.3 Å². The van der Waals surface area contributed by atoms with Gasteiger partial charge in [0.2, 0.25) is 0 Å². The van der Waals surface area contributed by atoms with Gasteiger partial charge in [0, 0.05) is 6.42 Å². The van der Waals surface area contributed by atoms with Crippen molar-refractivity contribution in [3.05, 3.63) is 11.4 Å². The number of aromatic nitrogens is 3. The molecule has 1 atom stereocenters. The summed E-state index contributed by atoms with van der Waals surface area (Å²) in [7, 11) is 0. The number of rotatable bonds is 6. The van der Waals surface area contributed by atoms with Crippen molar-refractivity contribution >= 4 is 5.97 Å². The van der Waals surface area contributed by atoms with Gasteiger partial charge in [0.15, 0.2) is 5.69 Å². The van der Waals surface area contributed by atoms with Crippen molar-refractivity contribution < 1.29 is 14.3 Å². The molecule has 0 saturated heterocycles. The van der Waals surface area contributed by atoms with Crippen molar-refractivity contribution in [1.82, 2.24) is 15.0 Å². The minimum absolute atomic E-state index is 0.0644. The maximum absolute atomic E-state index is 13.4. The van der Waals surface area contributed by atoms with Gasteiger partial charge in [-0.15, -0.1) is 5.10 Å². The highest BCUT2D eigenvalue weighted by Gasteiger charge is 2.19. The van der Waals surface area contributed by atoms with Crippen LogP contribution in [0.5, 0.6) is 0 Å². The highest BCUT2D eigenvalue weighted by Crippen LogP contribution is 2.10. The Morgan fingerprint density at radius 3 is 2.94 bits per heavy atom. The summed E-state index contributed by atoms with van der Waals surface area (Å²) in [5.41, 5.74) is 0.261. The van der Waals surface area contributed by atoms with Crippen LogP contribution < -0.4 is 0 Å². The van der Waals surface area contributed by atoms with E-state index in [-0.39, 0.29) is 25.1 Å². The van der Waals surface area contributed by atoms with Gasteiger partial charge in [0.05, 0.1) is 18.3 Å². The molecule has 0 fully saturated rings. The third-order valence-corrected chi connectivity index (χ3v) is 2.32. The predicted octanol–water partition coefficient (Wildman–Crippen LogP) is 1.18. The zero-order chi connectivity index (χ0) is 12.8. The first kappa shape index (κ1) is 13.1. The number of halogens is 1. The summed E-state index contributed by atoms with van der Waals surface area (Å²) < 4.78 is 14.7. The standard InChI is InChI=1S/C10H13FN4O2/c1-2-8-9(10(16)17)13-14-15(8)6-7(11)4-3-5-12/h7H,2-4,6H2,1H3,(H,16,17). The fourth-order valence-electron chi connectivity index (χ4n) is 1.50. The van der Waals surface area contributed by atoms with E-state index >= 15 is 0 Å². The molecule has 1 heterocycles. The van der Waals surface area contributed by atoms with Gasteiger partial charge in [0.1, 0.15) is 6.17 Å². The number of carboxylic acid groups (broad SMARTS) is 1. The Hall–Kier alpha value is -1.97. The molecule has 0 aromatic carbocycles. The van der Waals surface area contributed by atoms with Crippen LogP contribution in [-0.4, -0.2) is 32.2 Å². The number of nitriles is 1. The molecule has 1 aromatic rings. The lowest BCUT2D eigenvalue weighted by Gasteiger charge is -2.08. The fraction of sp³-hybridized carbons (Fsp3) is 0.600. The monoisotopic (exact) mass is 240 g/mol. The fourth-order valence-corrected chi connectivity index (χ4v) is 1.50. The van der Waals surface area contributed by atoms with Crippen molar-refractivity contribution in [1.29, 1.82) is 5.26 Å². The Kier molecular flexibility index (Phi) is 4.57. The molecule has 0 bridgehead atoms. The maximum atomic E-state index is 13.4. The van der Waals surface area contributed by atoms with Crippen LogP contribution in [-0.2, 0) is 13.0 Å². The van der Waals surface area contributed by atoms with Crippen molar-refractivity contribution in [2.24, 2.45) is 0 Å². The molecule has 92 valence electrons. The molecule has 1 unspecified atom stereocenters. The topological polar surface area (TPSA) is 91.8 Å². The van der Waals surface area contributed by atoms with E-state index in [1.165, 1.54) is 4.68 Å². The van der Waals surface area contributed by atoms with Crippen molar-refractivity contribution in [2.45, 2.75) is 38.9 Å². The average Bonchev–Trinajstić information content (AvgIpc) is 2.69. The maximum Gasteiger partial charge on any atom is 0.358 e. The lowest BCUT2D eigenvalue weighted by molar-refractivity contribution is 0.0689. The molecular formula is C10H13FN4O2. The molecule has 7 heteroatoms. The first-order valence-electron chi connectivity index (χ1n) is 5.26. The summed E-state index contributed by atoms with van der Waals surface area (Å²) >= 11 is 0. The van der Waals surface area contributed by atoms with Gasteiger partial charge in [0.25, 0.3) is 0 Å². The molecule has 0 aliphatic rings. The van der Waals surface area contributed by atoms with Gasteiger partial charge in [-0.25, -0.2) is 13.9 Å². The van der Waals surface area contributed by atoms with E-state index in [0.717, 1.165) is 0 Å². The Labute approximate surface area is 97.7 Å². The molecule has 0 aliphatic carbocycles. The molecule has 17 heavy (non-hydrogen) atoms. The largest absolute Gasteiger partial charge is 0.476 e. The summed E-state index contributed by atoms with van der Waals surface area (Å²) in [6.07, 6.45) is -0.562. The molecule has 6 nitrogen and oxygen atoms in total. The van der Waals surface area contributed by atoms with Crippen LogP contribution in [0, 0.1) is 11.3 Å². The van der Waals surface area contributed by atoms with Crippen LogP contribution >= 0.6 is 0 Å². The second-order valence-electron chi connectivity index (χ2n) is 3.52. The summed E-state index contributed by atoms with van der Waals surface area (Å²) in [5.74, 6) is -1.17. The van der Waals surface area contributed by atoms with Gasteiger partial charge in [-0.05, 0) is 12.8 Å². The van der Waals surface area contributed by atoms with Crippen LogP contribution in [0.15, 0.2) is 0 Å². The van der Waals surface area contributed by atoms with Crippen LogP contribution in [0.2, 0.25) is 0 Å². The quantitative estimate of drug-likeness (QED) is 0.806. The number of carboxylic acids is 1. The molecule has 1 N–H and O–H groups in total. The van der Waals surface area contributed by atoms with Gasteiger partial charge in [-0.1, -0.05) is 12.1 Å². The molecule has 1 rings (SSSR count).